The zero-order valence-corrected chi connectivity index (χ0v) is 23.6. The number of hydrogen-bond donors (Lipinski definition) is 1. The molecule has 0 spiro atoms. The Morgan fingerprint density at radius 3 is 2.62 bits per heavy atom. The van der Waals surface area contributed by atoms with E-state index in [1.165, 1.54) is 6.07 Å². The highest BCUT2D eigenvalue weighted by molar-refractivity contribution is 6.29. The number of nitrogen functional groups attached to an aromatic ring is 1. The number of rotatable bonds is 1. The number of nitrogens with zero attached hydrogens (tertiary/aromatic N) is 5. The second-order valence-corrected chi connectivity index (χ2v) is 12.1. The van der Waals surface area contributed by atoms with E-state index < -0.39 is 11.4 Å². The summed E-state index contributed by atoms with van der Waals surface area (Å²) in [6.07, 6.45) is 0.958. The van der Waals surface area contributed by atoms with Gasteiger partial charge in [-0.2, -0.15) is 0 Å². The van der Waals surface area contributed by atoms with Gasteiger partial charge < -0.3 is 20.1 Å². The number of amides is 1. The van der Waals surface area contributed by atoms with Crippen molar-refractivity contribution in [2.24, 2.45) is 0 Å². The molecular formula is C28H32ClFN6O3. The van der Waals surface area contributed by atoms with Crippen LogP contribution in [0.4, 0.5) is 20.8 Å². The normalized spacial score (nSPS) is 23.9. The van der Waals surface area contributed by atoms with Gasteiger partial charge in [0.05, 0.1) is 23.5 Å². The molecule has 3 aliphatic heterocycles. The van der Waals surface area contributed by atoms with Crippen molar-refractivity contribution in [3.05, 3.63) is 34.4 Å². The van der Waals surface area contributed by atoms with Crippen LogP contribution in [0.3, 0.4) is 0 Å². The van der Waals surface area contributed by atoms with Crippen molar-refractivity contribution in [2.75, 3.05) is 17.2 Å². The number of hydrogen-bond acceptors (Lipinski definition) is 8. The van der Waals surface area contributed by atoms with Crippen LogP contribution in [0.25, 0.3) is 22.0 Å². The molecule has 2 N–H and O–H groups in total. The smallest absolute Gasteiger partial charge is 0.410 e. The molecule has 6 heterocycles. The second kappa shape index (κ2) is 8.81. The number of nitrogens with two attached hydrogens (primary N) is 1. The highest BCUT2D eigenvalue weighted by Crippen LogP contribution is 2.47. The molecule has 0 unspecified atom stereocenters. The number of ether oxygens (including phenoxy) is 2. The molecular weight excluding hydrogens is 523 g/mol. The summed E-state index contributed by atoms with van der Waals surface area (Å²) in [5.41, 5.74) is 7.22. The maximum absolute atomic E-state index is 16.4. The summed E-state index contributed by atoms with van der Waals surface area (Å²) in [6.45, 7) is 11.8. The molecule has 4 atom stereocenters. The molecule has 0 saturated carbocycles. The maximum Gasteiger partial charge on any atom is 0.410 e. The summed E-state index contributed by atoms with van der Waals surface area (Å²) in [7, 11) is 0. The fraction of sp³-hybridized carbons (Fsp3) is 0.500. The summed E-state index contributed by atoms with van der Waals surface area (Å²) in [6, 6.07) is 2.66. The van der Waals surface area contributed by atoms with Crippen molar-refractivity contribution in [3.63, 3.8) is 0 Å². The molecule has 0 aromatic carbocycles. The number of pyridine rings is 3. The van der Waals surface area contributed by atoms with Crippen molar-refractivity contribution in [1.29, 1.82) is 0 Å². The number of carbonyl (C=O) groups excluding carboxylic acids is 1. The molecule has 206 valence electrons. The first-order valence-electron chi connectivity index (χ1n) is 13.2. The number of piperazine rings is 1. The molecule has 9 nitrogen and oxygen atoms in total. The lowest BCUT2D eigenvalue weighted by Crippen LogP contribution is -2.65. The molecule has 2 bridgehead atoms. The summed E-state index contributed by atoms with van der Waals surface area (Å²) >= 11 is 6.15. The van der Waals surface area contributed by atoms with E-state index in [0.717, 1.165) is 12.8 Å². The summed E-state index contributed by atoms with van der Waals surface area (Å²) in [5, 5.41) is 1.08. The molecule has 3 aliphatic rings. The lowest BCUT2D eigenvalue weighted by atomic mass is 9.97. The Balaban J connectivity index is 1.53. The van der Waals surface area contributed by atoms with E-state index in [2.05, 4.69) is 14.9 Å². The number of fused-ring (bicyclic) bond motifs is 5. The number of aromatic nitrogens is 3. The van der Waals surface area contributed by atoms with Gasteiger partial charge in [0.2, 0.25) is 5.88 Å². The van der Waals surface area contributed by atoms with Gasteiger partial charge in [0.15, 0.2) is 5.82 Å². The van der Waals surface area contributed by atoms with Gasteiger partial charge in [0, 0.05) is 23.2 Å². The molecule has 0 radical (unpaired) electrons. The van der Waals surface area contributed by atoms with Crippen LogP contribution in [-0.2, 0) is 4.74 Å². The van der Waals surface area contributed by atoms with Crippen LogP contribution >= 0.6 is 11.6 Å². The van der Waals surface area contributed by atoms with Crippen LogP contribution in [0.5, 0.6) is 5.88 Å². The third kappa shape index (κ3) is 4.11. The third-order valence-electron chi connectivity index (χ3n) is 7.97. The quantitative estimate of drug-likeness (QED) is 0.397. The Morgan fingerprint density at radius 2 is 1.92 bits per heavy atom. The Hall–Kier alpha value is -3.40. The zero-order valence-electron chi connectivity index (χ0n) is 22.9. The Morgan fingerprint density at radius 1 is 1.18 bits per heavy atom. The van der Waals surface area contributed by atoms with Gasteiger partial charge in [-0.15, -0.1) is 0 Å². The fourth-order valence-corrected chi connectivity index (χ4v) is 6.56. The summed E-state index contributed by atoms with van der Waals surface area (Å²) in [4.78, 5) is 31.0. The first kappa shape index (κ1) is 25.9. The van der Waals surface area contributed by atoms with Gasteiger partial charge >= 0.3 is 6.09 Å². The molecule has 0 aliphatic carbocycles. The van der Waals surface area contributed by atoms with Crippen LogP contribution in [0.2, 0.25) is 5.15 Å². The van der Waals surface area contributed by atoms with E-state index >= 15 is 4.39 Å². The van der Waals surface area contributed by atoms with Gasteiger partial charge in [-0.3, -0.25) is 4.90 Å². The first-order chi connectivity index (χ1) is 18.3. The lowest BCUT2D eigenvalue weighted by molar-refractivity contribution is 0.000959. The Bertz CT molecular complexity index is 1510. The Kier molecular flexibility index (Phi) is 5.84. The standard InChI is InChI=1S/C28H32ClFN6O3/c1-12-13(2)32-25-21-20(12)22(30)23(15-9-18(29)33-19(31)10-15)34-26(21)38-14(3)24-17-8-7-16(11-35(24)25)36(17)27(37)39-28(4,5)6/h9-10,14,16-17,24H,7-8,11H2,1-6H3,(H2,31,33)/t14-,16+,17-,24+/m0/s1. The fourth-order valence-electron chi connectivity index (χ4n) is 6.34. The van der Waals surface area contributed by atoms with Gasteiger partial charge in [-0.05, 0) is 72.1 Å². The molecule has 3 aromatic heterocycles. The largest absolute Gasteiger partial charge is 0.472 e. The topological polar surface area (TPSA) is 107 Å². The third-order valence-corrected chi connectivity index (χ3v) is 8.16. The predicted molar refractivity (Wildman–Crippen MR) is 148 cm³/mol. The van der Waals surface area contributed by atoms with E-state index in [-0.39, 0.29) is 47.0 Å². The average Bonchev–Trinajstić information content (AvgIpc) is 3.08. The van der Waals surface area contributed by atoms with Gasteiger partial charge in [-0.25, -0.2) is 24.1 Å². The highest BCUT2D eigenvalue weighted by atomic mass is 35.5. The van der Waals surface area contributed by atoms with Crippen molar-refractivity contribution < 1.29 is 18.7 Å². The lowest BCUT2D eigenvalue weighted by Gasteiger charge is -2.48. The molecule has 2 fully saturated rings. The number of aryl methyl sites for hydroxylation is 2. The highest BCUT2D eigenvalue weighted by Gasteiger charge is 2.53. The predicted octanol–water partition coefficient (Wildman–Crippen LogP) is 5.42. The van der Waals surface area contributed by atoms with Crippen molar-refractivity contribution in [1.82, 2.24) is 19.9 Å². The molecule has 1 amide bonds. The van der Waals surface area contributed by atoms with Crippen molar-refractivity contribution >= 4 is 40.1 Å². The first-order valence-corrected chi connectivity index (χ1v) is 13.6. The zero-order chi connectivity index (χ0) is 28.0. The number of anilines is 2. The van der Waals surface area contributed by atoms with Crippen molar-refractivity contribution in [3.8, 4) is 17.1 Å². The van der Waals surface area contributed by atoms with E-state index in [1.807, 2.05) is 46.4 Å². The van der Waals surface area contributed by atoms with Gasteiger partial charge in [0.25, 0.3) is 0 Å². The SMILES string of the molecule is Cc1nc2c3c(nc(-c4cc(N)nc(Cl)c4)c(F)c3c1C)O[C@@H](C)[C@@H]1[C@@H]3CC[C@H](CN21)N3C(=O)OC(C)(C)C. The number of carbonyl (C=O) groups is 1. The van der Waals surface area contributed by atoms with Crippen LogP contribution in [0.15, 0.2) is 12.1 Å². The molecule has 2 saturated heterocycles. The minimum atomic E-state index is -0.603. The van der Waals surface area contributed by atoms with Crippen molar-refractivity contribution in [2.45, 2.75) is 84.2 Å². The van der Waals surface area contributed by atoms with Gasteiger partial charge in [-0.1, -0.05) is 11.6 Å². The summed E-state index contributed by atoms with van der Waals surface area (Å²) < 4.78 is 28.7. The van der Waals surface area contributed by atoms with Crippen LogP contribution < -0.4 is 15.4 Å². The molecule has 39 heavy (non-hydrogen) atoms. The van der Waals surface area contributed by atoms with E-state index in [0.29, 0.717) is 45.8 Å². The average molecular weight is 555 g/mol. The van der Waals surface area contributed by atoms with Crippen LogP contribution in [-0.4, -0.2) is 62.3 Å². The summed E-state index contributed by atoms with van der Waals surface area (Å²) in [5.74, 6) is 0.589. The molecule has 3 aromatic rings. The van der Waals surface area contributed by atoms with E-state index in [9.17, 15) is 4.79 Å². The Labute approximate surface area is 231 Å². The van der Waals surface area contributed by atoms with Gasteiger partial charge in [0.1, 0.15) is 34.2 Å². The second-order valence-electron chi connectivity index (χ2n) is 11.7. The minimum Gasteiger partial charge on any atom is -0.472 e. The monoisotopic (exact) mass is 554 g/mol. The van der Waals surface area contributed by atoms with Crippen LogP contribution in [0, 0.1) is 19.7 Å². The minimum absolute atomic E-state index is 0.0488. The molecule has 6 rings (SSSR count). The van der Waals surface area contributed by atoms with E-state index in [4.69, 9.17) is 31.8 Å². The maximum atomic E-state index is 16.4. The van der Waals surface area contributed by atoms with E-state index in [1.54, 1.807) is 6.07 Å². The van der Waals surface area contributed by atoms with Crippen LogP contribution in [0.1, 0.15) is 51.8 Å². The molecule has 11 heteroatoms. The number of halogens is 2.